The number of carbonyl (C=O) groups is 1. The molecular weight excluding hydrogens is 306 g/mol. The smallest absolute Gasteiger partial charge is 0.387 e. The summed E-state index contributed by atoms with van der Waals surface area (Å²) in [6.45, 7) is 0.433. The zero-order valence-corrected chi connectivity index (χ0v) is 12.9. The SMILES string of the molecule is COc1cccc(/C=C/C(=O)c2cc(C)oc2C)c1OC(F)F. The number of alkyl halides is 2. The predicted octanol–water partition coefficient (Wildman–Crippen LogP) is 4.40. The summed E-state index contributed by atoms with van der Waals surface area (Å²) < 4.78 is 39.9. The van der Waals surface area contributed by atoms with Gasteiger partial charge < -0.3 is 13.9 Å². The van der Waals surface area contributed by atoms with E-state index in [1.165, 1.54) is 25.3 Å². The van der Waals surface area contributed by atoms with Gasteiger partial charge in [-0.25, -0.2) is 0 Å². The molecule has 0 atom stereocenters. The number of ketones is 1. The van der Waals surface area contributed by atoms with Gasteiger partial charge in [0.15, 0.2) is 17.3 Å². The van der Waals surface area contributed by atoms with Gasteiger partial charge in [0.2, 0.25) is 0 Å². The second kappa shape index (κ2) is 7.09. The molecule has 0 aliphatic carbocycles. The Morgan fingerprint density at radius 1 is 1.30 bits per heavy atom. The molecule has 1 aromatic heterocycles. The third-order valence-electron chi connectivity index (χ3n) is 3.16. The van der Waals surface area contributed by atoms with Gasteiger partial charge >= 0.3 is 6.61 Å². The number of aryl methyl sites for hydroxylation is 2. The third kappa shape index (κ3) is 3.97. The lowest BCUT2D eigenvalue weighted by atomic mass is 10.1. The highest BCUT2D eigenvalue weighted by Crippen LogP contribution is 2.33. The fourth-order valence-electron chi connectivity index (χ4n) is 2.17. The van der Waals surface area contributed by atoms with Crippen LogP contribution < -0.4 is 9.47 Å². The molecule has 0 aliphatic rings. The van der Waals surface area contributed by atoms with E-state index in [1.54, 1.807) is 32.0 Å². The number of ether oxygens (including phenoxy) is 2. The molecule has 1 heterocycles. The van der Waals surface area contributed by atoms with E-state index in [-0.39, 0.29) is 17.3 Å². The molecule has 0 unspecified atom stereocenters. The topological polar surface area (TPSA) is 48.7 Å². The average molecular weight is 322 g/mol. The maximum atomic E-state index is 12.6. The van der Waals surface area contributed by atoms with Crippen LogP contribution in [0.15, 0.2) is 34.8 Å². The Labute approximate surface area is 132 Å². The maximum absolute atomic E-state index is 12.6. The molecule has 23 heavy (non-hydrogen) atoms. The number of halogens is 2. The van der Waals surface area contributed by atoms with Crippen molar-refractivity contribution in [2.24, 2.45) is 0 Å². The number of hydrogen-bond donors (Lipinski definition) is 0. The van der Waals surface area contributed by atoms with Crippen molar-refractivity contribution in [2.75, 3.05) is 7.11 Å². The largest absolute Gasteiger partial charge is 0.493 e. The van der Waals surface area contributed by atoms with Crippen LogP contribution in [0.5, 0.6) is 11.5 Å². The molecule has 6 heteroatoms. The van der Waals surface area contributed by atoms with Crippen molar-refractivity contribution >= 4 is 11.9 Å². The minimum atomic E-state index is -2.99. The summed E-state index contributed by atoms with van der Waals surface area (Å²) in [5.74, 6) is 0.892. The van der Waals surface area contributed by atoms with Crippen LogP contribution in [0.2, 0.25) is 0 Å². The number of rotatable bonds is 6. The van der Waals surface area contributed by atoms with Crippen LogP contribution in [0.1, 0.15) is 27.4 Å². The van der Waals surface area contributed by atoms with E-state index >= 15 is 0 Å². The molecule has 0 bridgehead atoms. The molecule has 4 nitrogen and oxygen atoms in total. The maximum Gasteiger partial charge on any atom is 0.387 e. The van der Waals surface area contributed by atoms with Gasteiger partial charge in [-0.05, 0) is 38.1 Å². The van der Waals surface area contributed by atoms with Crippen molar-refractivity contribution in [3.8, 4) is 11.5 Å². The van der Waals surface area contributed by atoms with Crippen molar-refractivity contribution in [3.05, 3.63) is 53.0 Å². The summed E-state index contributed by atoms with van der Waals surface area (Å²) in [6, 6.07) is 6.30. The first kappa shape index (κ1) is 16.7. The fraction of sp³-hybridized carbons (Fsp3) is 0.235. The number of benzene rings is 1. The van der Waals surface area contributed by atoms with Crippen LogP contribution in [0, 0.1) is 13.8 Å². The Hall–Kier alpha value is -2.63. The first-order valence-electron chi connectivity index (χ1n) is 6.83. The van der Waals surface area contributed by atoms with Gasteiger partial charge in [-0.15, -0.1) is 0 Å². The number of methoxy groups -OCH3 is 1. The molecular formula is C17H16F2O4. The Kier molecular flexibility index (Phi) is 5.16. The average Bonchev–Trinajstić information content (AvgIpc) is 2.84. The van der Waals surface area contributed by atoms with E-state index in [0.29, 0.717) is 22.6 Å². The minimum absolute atomic E-state index is 0.117. The molecule has 0 fully saturated rings. The number of carbonyl (C=O) groups excluding carboxylic acids is 1. The second-order valence-corrected chi connectivity index (χ2v) is 4.78. The van der Waals surface area contributed by atoms with E-state index in [1.807, 2.05) is 0 Å². The Balaban J connectivity index is 2.31. The standard InChI is InChI=1S/C17H16F2O4/c1-10-9-13(11(2)22-10)14(20)8-7-12-5-4-6-15(21-3)16(12)23-17(18)19/h4-9,17H,1-3H3/b8-7+. The van der Waals surface area contributed by atoms with Crippen LogP contribution in [0.3, 0.4) is 0 Å². The zero-order valence-electron chi connectivity index (χ0n) is 12.9. The van der Waals surface area contributed by atoms with Gasteiger partial charge in [0.1, 0.15) is 11.5 Å². The summed E-state index contributed by atoms with van der Waals surface area (Å²) in [7, 11) is 1.35. The van der Waals surface area contributed by atoms with E-state index < -0.39 is 6.61 Å². The lowest BCUT2D eigenvalue weighted by molar-refractivity contribution is -0.0513. The Morgan fingerprint density at radius 2 is 2.04 bits per heavy atom. The molecule has 0 N–H and O–H groups in total. The van der Waals surface area contributed by atoms with Crippen molar-refractivity contribution in [2.45, 2.75) is 20.5 Å². The predicted molar refractivity (Wildman–Crippen MR) is 81.2 cm³/mol. The van der Waals surface area contributed by atoms with Crippen molar-refractivity contribution < 1.29 is 27.5 Å². The first-order valence-corrected chi connectivity index (χ1v) is 6.83. The van der Waals surface area contributed by atoms with Gasteiger partial charge in [-0.3, -0.25) is 4.79 Å². The van der Waals surface area contributed by atoms with E-state index in [0.717, 1.165) is 0 Å². The van der Waals surface area contributed by atoms with Crippen LogP contribution in [0.25, 0.3) is 6.08 Å². The number of allylic oxidation sites excluding steroid dienone is 1. The number of para-hydroxylation sites is 1. The molecule has 1 aromatic carbocycles. The molecule has 122 valence electrons. The van der Waals surface area contributed by atoms with Crippen molar-refractivity contribution in [1.82, 2.24) is 0 Å². The Morgan fingerprint density at radius 3 is 2.61 bits per heavy atom. The lowest BCUT2D eigenvalue weighted by Gasteiger charge is -2.12. The van der Waals surface area contributed by atoms with Crippen LogP contribution >= 0.6 is 0 Å². The Bertz CT molecular complexity index is 732. The quantitative estimate of drug-likeness (QED) is 0.584. The zero-order chi connectivity index (χ0) is 17.0. The monoisotopic (exact) mass is 322 g/mol. The summed E-state index contributed by atoms with van der Waals surface area (Å²) in [4.78, 5) is 12.2. The molecule has 0 amide bonds. The molecule has 0 aliphatic heterocycles. The molecule has 2 aromatic rings. The van der Waals surface area contributed by atoms with Gasteiger partial charge in [0.05, 0.1) is 12.7 Å². The second-order valence-electron chi connectivity index (χ2n) is 4.78. The number of furan rings is 1. The summed E-state index contributed by atoms with van der Waals surface area (Å²) in [5.41, 5.74) is 0.744. The highest BCUT2D eigenvalue weighted by Gasteiger charge is 2.15. The van der Waals surface area contributed by atoms with Gasteiger partial charge in [0.25, 0.3) is 0 Å². The normalized spacial score (nSPS) is 11.2. The van der Waals surface area contributed by atoms with Gasteiger partial charge in [-0.2, -0.15) is 8.78 Å². The van der Waals surface area contributed by atoms with Crippen molar-refractivity contribution in [3.63, 3.8) is 0 Å². The summed E-state index contributed by atoms with van der Waals surface area (Å²) >= 11 is 0. The highest BCUT2D eigenvalue weighted by molar-refractivity contribution is 6.07. The molecule has 0 radical (unpaired) electrons. The van der Waals surface area contributed by atoms with Crippen molar-refractivity contribution in [1.29, 1.82) is 0 Å². The van der Waals surface area contributed by atoms with Gasteiger partial charge in [-0.1, -0.05) is 12.1 Å². The van der Waals surface area contributed by atoms with Crippen LogP contribution in [-0.4, -0.2) is 19.5 Å². The van der Waals surface area contributed by atoms with E-state index in [9.17, 15) is 13.6 Å². The summed E-state index contributed by atoms with van der Waals surface area (Å²) in [5, 5.41) is 0. The van der Waals surface area contributed by atoms with E-state index in [4.69, 9.17) is 9.15 Å². The van der Waals surface area contributed by atoms with Gasteiger partial charge in [0, 0.05) is 5.56 Å². The van der Waals surface area contributed by atoms with Crippen LogP contribution in [0.4, 0.5) is 8.78 Å². The fourth-order valence-corrected chi connectivity index (χ4v) is 2.17. The first-order chi connectivity index (χ1) is 10.9. The minimum Gasteiger partial charge on any atom is -0.493 e. The molecule has 0 saturated heterocycles. The number of hydrogen-bond acceptors (Lipinski definition) is 4. The third-order valence-corrected chi connectivity index (χ3v) is 3.16. The molecule has 0 saturated carbocycles. The van der Waals surface area contributed by atoms with Crippen LogP contribution in [-0.2, 0) is 0 Å². The molecule has 2 rings (SSSR count). The highest BCUT2D eigenvalue weighted by atomic mass is 19.3. The van der Waals surface area contributed by atoms with E-state index in [2.05, 4.69) is 4.74 Å². The molecule has 0 spiro atoms. The lowest BCUT2D eigenvalue weighted by Crippen LogP contribution is -2.05. The summed E-state index contributed by atoms with van der Waals surface area (Å²) in [6.07, 6.45) is 2.69.